The summed E-state index contributed by atoms with van der Waals surface area (Å²) in [6.45, 7) is 8.24. The van der Waals surface area contributed by atoms with Crippen molar-refractivity contribution in [2.24, 2.45) is 5.73 Å². The van der Waals surface area contributed by atoms with Gasteiger partial charge in [0.25, 0.3) is 0 Å². The molecule has 0 saturated carbocycles. The first-order valence-corrected chi connectivity index (χ1v) is 6.39. The number of aryl methyl sites for hydroxylation is 3. The van der Waals surface area contributed by atoms with Gasteiger partial charge in [-0.15, -0.1) is 0 Å². The molecule has 0 aliphatic rings. The highest BCUT2D eigenvalue weighted by Gasteiger charge is 2.12. The van der Waals surface area contributed by atoms with E-state index in [-0.39, 0.29) is 6.04 Å². The van der Waals surface area contributed by atoms with Crippen LogP contribution in [0.3, 0.4) is 0 Å². The van der Waals surface area contributed by atoms with Gasteiger partial charge in [-0.05, 0) is 39.3 Å². The molecule has 0 aliphatic heterocycles. The summed E-state index contributed by atoms with van der Waals surface area (Å²) in [7, 11) is 0. The Kier molecular flexibility index (Phi) is 3.90. The Morgan fingerprint density at radius 2 is 2.05 bits per heavy atom. The molecule has 0 saturated heterocycles. The summed E-state index contributed by atoms with van der Waals surface area (Å²) in [6.07, 6.45) is 0. The molecule has 4 nitrogen and oxygen atoms in total. The van der Waals surface area contributed by atoms with E-state index >= 15 is 0 Å². The Morgan fingerprint density at radius 3 is 2.63 bits per heavy atom. The summed E-state index contributed by atoms with van der Waals surface area (Å²) in [5.41, 5.74) is 9.99. The summed E-state index contributed by atoms with van der Waals surface area (Å²) in [6, 6.07) is 6.02. The minimum absolute atomic E-state index is 0.0553. The topological polar surface area (TPSA) is 61.3 Å². The largest absolute Gasteiger partial charge is 0.488 e. The van der Waals surface area contributed by atoms with E-state index in [1.54, 1.807) is 0 Å². The molecule has 2 aromatic rings. The van der Waals surface area contributed by atoms with Crippen molar-refractivity contribution in [3.63, 3.8) is 0 Å². The van der Waals surface area contributed by atoms with Gasteiger partial charge in [0.15, 0.2) is 0 Å². The zero-order valence-electron chi connectivity index (χ0n) is 11.9. The monoisotopic (exact) mass is 260 g/mol. The molecule has 102 valence electrons. The Morgan fingerprint density at radius 1 is 1.32 bits per heavy atom. The first-order valence-electron chi connectivity index (χ1n) is 6.39. The van der Waals surface area contributed by atoms with Gasteiger partial charge in [-0.1, -0.05) is 17.3 Å². The van der Waals surface area contributed by atoms with Crippen molar-refractivity contribution >= 4 is 0 Å². The van der Waals surface area contributed by atoms with Gasteiger partial charge in [0.1, 0.15) is 18.1 Å². The molecule has 19 heavy (non-hydrogen) atoms. The molecule has 2 N–H and O–H groups in total. The molecule has 2 rings (SSSR count). The van der Waals surface area contributed by atoms with Crippen molar-refractivity contribution < 1.29 is 9.26 Å². The maximum atomic E-state index is 5.96. The average Bonchev–Trinajstić information content (AvgIpc) is 2.66. The molecular formula is C15H20N2O2. The molecule has 0 amide bonds. The summed E-state index contributed by atoms with van der Waals surface area (Å²) in [5.74, 6) is 1.63. The minimum atomic E-state index is -0.0553. The Balaban J connectivity index is 2.22. The molecule has 1 heterocycles. The van der Waals surface area contributed by atoms with Crippen LogP contribution in [0.25, 0.3) is 0 Å². The lowest BCUT2D eigenvalue weighted by molar-refractivity contribution is 0.297. The highest BCUT2D eigenvalue weighted by molar-refractivity contribution is 5.39. The molecular weight excluding hydrogens is 240 g/mol. The third-order valence-electron chi connectivity index (χ3n) is 3.21. The van der Waals surface area contributed by atoms with Crippen LogP contribution in [0.4, 0.5) is 0 Å². The second kappa shape index (κ2) is 5.45. The average molecular weight is 260 g/mol. The molecule has 1 aromatic carbocycles. The fourth-order valence-corrected chi connectivity index (χ4v) is 2.00. The number of benzene rings is 1. The lowest BCUT2D eigenvalue weighted by atomic mass is 10.1. The minimum Gasteiger partial charge on any atom is -0.488 e. The van der Waals surface area contributed by atoms with Gasteiger partial charge >= 0.3 is 0 Å². The SMILES string of the molecule is Cc1ccc([C@@H](C)N)c(OCc2c(C)noc2C)c1. The van der Waals surface area contributed by atoms with E-state index in [9.17, 15) is 0 Å². The van der Waals surface area contributed by atoms with Crippen LogP contribution < -0.4 is 10.5 Å². The van der Waals surface area contributed by atoms with Gasteiger partial charge < -0.3 is 15.0 Å². The first-order chi connectivity index (χ1) is 8.99. The number of ether oxygens (including phenoxy) is 1. The van der Waals surface area contributed by atoms with Crippen LogP contribution >= 0.6 is 0 Å². The van der Waals surface area contributed by atoms with Gasteiger partial charge in [-0.3, -0.25) is 0 Å². The van der Waals surface area contributed by atoms with Crippen LogP contribution in [-0.4, -0.2) is 5.16 Å². The van der Waals surface area contributed by atoms with Gasteiger partial charge in [-0.2, -0.15) is 0 Å². The maximum absolute atomic E-state index is 5.96. The van der Waals surface area contributed by atoms with Crippen molar-refractivity contribution in [2.45, 2.75) is 40.3 Å². The van der Waals surface area contributed by atoms with Crippen molar-refractivity contribution in [2.75, 3.05) is 0 Å². The summed E-state index contributed by atoms with van der Waals surface area (Å²) < 4.78 is 11.0. The van der Waals surface area contributed by atoms with Gasteiger partial charge in [0.2, 0.25) is 0 Å². The summed E-state index contributed by atoms with van der Waals surface area (Å²) >= 11 is 0. The number of hydrogen-bond donors (Lipinski definition) is 1. The van der Waals surface area contributed by atoms with Crippen LogP contribution in [0.2, 0.25) is 0 Å². The standard InChI is InChI=1S/C15H20N2O2/c1-9-5-6-13(10(2)16)15(7-9)18-8-14-11(3)17-19-12(14)4/h5-7,10H,8,16H2,1-4H3/t10-/m1/s1. The molecule has 1 atom stereocenters. The van der Waals surface area contributed by atoms with E-state index in [1.807, 2.05) is 45.9 Å². The van der Waals surface area contributed by atoms with Crippen molar-refractivity contribution in [1.82, 2.24) is 5.16 Å². The van der Waals surface area contributed by atoms with Crippen LogP contribution in [0, 0.1) is 20.8 Å². The maximum Gasteiger partial charge on any atom is 0.140 e. The van der Waals surface area contributed by atoms with E-state index in [2.05, 4.69) is 5.16 Å². The predicted molar refractivity (Wildman–Crippen MR) is 74.1 cm³/mol. The number of hydrogen-bond acceptors (Lipinski definition) is 4. The number of rotatable bonds is 4. The molecule has 4 heteroatoms. The fraction of sp³-hybridized carbons (Fsp3) is 0.400. The molecule has 0 fully saturated rings. The zero-order chi connectivity index (χ0) is 14.0. The smallest absolute Gasteiger partial charge is 0.140 e. The second-order valence-corrected chi connectivity index (χ2v) is 4.92. The molecule has 0 unspecified atom stereocenters. The normalized spacial score (nSPS) is 12.5. The molecule has 0 aliphatic carbocycles. The third-order valence-corrected chi connectivity index (χ3v) is 3.21. The molecule has 0 spiro atoms. The van der Waals surface area contributed by atoms with Crippen molar-refractivity contribution in [3.8, 4) is 5.75 Å². The number of nitrogens with zero attached hydrogens (tertiary/aromatic N) is 1. The summed E-state index contributed by atoms with van der Waals surface area (Å²) in [5, 5.41) is 3.92. The third kappa shape index (κ3) is 2.96. The van der Waals surface area contributed by atoms with E-state index in [0.717, 1.165) is 33.9 Å². The lowest BCUT2D eigenvalue weighted by Gasteiger charge is -2.14. The van der Waals surface area contributed by atoms with Crippen molar-refractivity contribution in [1.29, 1.82) is 0 Å². The summed E-state index contributed by atoms with van der Waals surface area (Å²) in [4.78, 5) is 0. The number of aromatic nitrogens is 1. The molecule has 0 radical (unpaired) electrons. The molecule has 0 bridgehead atoms. The quantitative estimate of drug-likeness (QED) is 0.917. The van der Waals surface area contributed by atoms with E-state index < -0.39 is 0 Å². The van der Waals surface area contributed by atoms with Gasteiger partial charge in [0, 0.05) is 11.6 Å². The van der Waals surface area contributed by atoms with E-state index in [0.29, 0.717) is 6.61 Å². The Hall–Kier alpha value is -1.81. The highest BCUT2D eigenvalue weighted by atomic mass is 16.5. The van der Waals surface area contributed by atoms with Crippen LogP contribution in [0.5, 0.6) is 5.75 Å². The highest BCUT2D eigenvalue weighted by Crippen LogP contribution is 2.26. The van der Waals surface area contributed by atoms with Gasteiger partial charge in [-0.25, -0.2) is 0 Å². The van der Waals surface area contributed by atoms with Crippen LogP contribution in [-0.2, 0) is 6.61 Å². The van der Waals surface area contributed by atoms with Gasteiger partial charge in [0.05, 0.1) is 11.3 Å². The lowest BCUT2D eigenvalue weighted by Crippen LogP contribution is -2.08. The first kappa shape index (κ1) is 13.6. The second-order valence-electron chi connectivity index (χ2n) is 4.92. The Bertz CT molecular complexity index is 554. The number of nitrogens with two attached hydrogens (primary N) is 1. The van der Waals surface area contributed by atoms with Crippen molar-refractivity contribution in [3.05, 3.63) is 46.3 Å². The fourth-order valence-electron chi connectivity index (χ4n) is 2.00. The molecule has 1 aromatic heterocycles. The van der Waals surface area contributed by atoms with Crippen LogP contribution in [0.1, 0.15) is 41.1 Å². The predicted octanol–water partition coefficient (Wildman–Crippen LogP) is 3.20. The zero-order valence-corrected chi connectivity index (χ0v) is 11.9. The van der Waals surface area contributed by atoms with E-state index in [1.165, 1.54) is 0 Å². The van der Waals surface area contributed by atoms with Crippen LogP contribution in [0.15, 0.2) is 22.7 Å². The Labute approximate surface area is 113 Å². The van der Waals surface area contributed by atoms with E-state index in [4.69, 9.17) is 15.0 Å².